The van der Waals surface area contributed by atoms with Crippen LogP contribution in [0, 0.1) is 0 Å². The molecule has 0 fully saturated rings. The molecule has 0 amide bonds. The van der Waals surface area contributed by atoms with Gasteiger partial charge in [0.25, 0.3) is 0 Å². The van der Waals surface area contributed by atoms with Crippen LogP contribution in [0.15, 0.2) is 18.2 Å². The number of aryl methyl sites for hydroxylation is 1. The van der Waals surface area contributed by atoms with Gasteiger partial charge in [0.2, 0.25) is 0 Å². The summed E-state index contributed by atoms with van der Waals surface area (Å²) in [6, 6.07) is 6.51. The first-order chi connectivity index (χ1) is 8.04. The molecule has 0 aliphatic carbocycles. The molecule has 0 saturated heterocycles. The van der Waals surface area contributed by atoms with Gasteiger partial charge in [0.1, 0.15) is 5.82 Å². The Kier molecular flexibility index (Phi) is 3.20. The summed E-state index contributed by atoms with van der Waals surface area (Å²) in [6.07, 6.45) is 0.911. The van der Waals surface area contributed by atoms with Crippen molar-refractivity contribution in [3.8, 4) is 0 Å². The average molecular weight is 231 g/mol. The lowest BCUT2D eigenvalue weighted by Gasteiger charge is -2.08. The standard InChI is InChI=1S/C14H21N3/c1-5-11(15)14-16-12-8-10(9(2)3)6-7-13(12)17(14)4/h6-9,11H,5,15H2,1-4H3. The molecule has 0 radical (unpaired) electrons. The van der Waals surface area contributed by atoms with Crippen molar-refractivity contribution in [1.29, 1.82) is 0 Å². The van der Waals surface area contributed by atoms with Gasteiger partial charge in [-0.2, -0.15) is 0 Å². The van der Waals surface area contributed by atoms with Crippen molar-refractivity contribution in [2.24, 2.45) is 12.8 Å². The van der Waals surface area contributed by atoms with Gasteiger partial charge in [-0.05, 0) is 30.0 Å². The number of imidazole rings is 1. The van der Waals surface area contributed by atoms with E-state index in [1.807, 2.05) is 7.05 Å². The summed E-state index contributed by atoms with van der Waals surface area (Å²) in [5, 5.41) is 0. The molecule has 2 rings (SSSR count). The van der Waals surface area contributed by atoms with Crippen LogP contribution in [0.1, 0.15) is 50.5 Å². The van der Waals surface area contributed by atoms with Crippen molar-refractivity contribution in [3.05, 3.63) is 29.6 Å². The minimum Gasteiger partial charge on any atom is -0.330 e. The van der Waals surface area contributed by atoms with Gasteiger partial charge in [0.05, 0.1) is 17.1 Å². The SMILES string of the molecule is CCC(N)c1nc2cc(C(C)C)ccc2n1C. The lowest BCUT2D eigenvalue weighted by Crippen LogP contribution is -2.13. The molecule has 0 aliphatic rings. The van der Waals surface area contributed by atoms with Crippen LogP contribution in [-0.2, 0) is 7.05 Å². The summed E-state index contributed by atoms with van der Waals surface area (Å²) in [7, 11) is 2.04. The van der Waals surface area contributed by atoms with Crippen LogP contribution in [0.4, 0.5) is 0 Å². The number of hydrogen-bond donors (Lipinski definition) is 1. The molecular formula is C14H21N3. The molecule has 1 heterocycles. The van der Waals surface area contributed by atoms with Crippen LogP contribution in [0.2, 0.25) is 0 Å². The van der Waals surface area contributed by atoms with Crippen molar-refractivity contribution < 1.29 is 0 Å². The average Bonchev–Trinajstić information content (AvgIpc) is 2.65. The molecule has 1 aromatic carbocycles. The van der Waals surface area contributed by atoms with Crippen molar-refractivity contribution in [2.45, 2.75) is 39.2 Å². The van der Waals surface area contributed by atoms with Crippen LogP contribution < -0.4 is 5.73 Å². The summed E-state index contributed by atoms with van der Waals surface area (Å²) in [5.41, 5.74) is 9.61. The van der Waals surface area contributed by atoms with E-state index in [1.165, 1.54) is 5.56 Å². The second-order valence-corrected chi connectivity index (χ2v) is 4.95. The van der Waals surface area contributed by atoms with Crippen molar-refractivity contribution in [1.82, 2.24) is 9.55 Å². The Labute approximate surface area is 103 Å². The molecule has 1 atom stereocenters. The summed E-state index contributed by atoms with van der Waals surface area (Å²) in [4.78, 5) is 4.66. The monoisotopic (exact) mass is 231 g/mol. The van der Waals surface area contributed by atoms with Gasteiger partial charge in [-0.1, -0.05) is 26.8 Å². The minimum absolute atomic E-state index is 0.0231. The fourth-order valence-corrected chi connectivity index (χ4v) is 2.11. The van der Waals surface area contributed by atoms with Gasteiger partial charge in [-0.25, -0.2) is 4.98 Å². The molecule has 3 heteroatoms. The number of hydrogen-bond acceptors (Lipinski definition) is 2. The number of benzene rings is 1. The molecule has 0 bridgehead atoms. The normalized spacial score (nSPS) is 13.5. The maximum atomic E-state index is 6.07. The first-order valence-corrected chi connectivity index (χ1v) is 6.26. The van der Waals surface area contributed by atoms with E-state index in [2.05, 4.69) is 48.5 Å². The van der Waals surface area contributed by atoms with E-state index < -0.39 is 0 Å². The van der Waals surface area contributed by atoms with E-state index in [-0.39, 0.29) is 6.04 Å². The van der Waals surface area contributed by atoms with Gasteiger partial charge < -0.3 is 10.3 Å². The second kappa shape index (κ2) is 4.49. The van der Waals surface area contributed by atoms with Crippen LogP contribution in [0.5, 0.6) is 0 Å². The third kappa shape index (κ3) is 2.07. The number of nitrogens with zero attached hydrogens (tertiary/aromatic N) is 2. The van der Waals surface area contributed by atoms with Crippen molar-refractivity contribution >= 4 is 11.0 Å². The van der Waals surface area contributed by atoms with Crippen molar-refractivity contribution in [3.63, 3.8) is 0 Å². The molecule has 1 aromatic heterocycles. The molecule has 0 saturated carbocycles. The van der Waals surface area contributed by atoms with Crippen LogP contribution in [0.25, 0.3) is 11.0 Å². The van der Waals surface area contributed by atoms with Crippen LogP contribution in [-0.4, -0.2) is 9.55 Å². The molecule has 0 aliphatic heterocycles. The summed E-state index contributed by atoms with van der Waals surface area (Å²) >= 11 is 0. The highest BCUT2D eigenvalue weighted by atomic mass is 15.1. The van der Waals surface area contributed by atoms with E-state index >= 15 is 0 Å². The molecule has 2 N–H and O–H groups in total. The number of nitrogens with two attached hydrogens (primary N) is 1. The van der Waals surface area contributed by atoms with Gasteiger partial charge >= 0.3 is 0 Å². The molecule has 2 aromatic rings. The predicted molar refractivity (Wildman–Crippen MR) is 72.0 cm³/mol. The Morgan fingerprint density at radius 2 is 2.06 bits per heavy atom. The second-order valence-electron chi connectivity index (χ2n) is 4.95. The topological polar surface area (TPSA) is 43.8 Å². The number of rotatable bonds is 3. The molecule has 92 valence electrons. The Morgan fingerprint density at radius 3 is 2.65 bits per heavy atom. The number of fused-ring (bicyclic) bond motifs is 1. The van der Waals surface area contributed by atoms with Gasteiger partial charge in [-0.3, -0.25) is 0 Å². The Hall–Kier alpha value is -1.35. The van der Waals surface area contributed by atoms with Gasteiger partial charge in [0, 0.05) is 7.05 Å². The summed E-state index contributed by atoms with van der Waals surface area (Å²) in [5.74, 6) is 1.51. The Morgan fingerprint density at radius 1 is 1.35 bits per heavy atom. The van der Waals surface area contributed by atoms with Crippen LogP contribution in [0.3, 0.4) is 0 Å². The fraction of sp³-hybridized carbons (Fsp3) is 0.500. The quantitative estimate of drug-likeness (QED) is 0.882. The highest BCUT2D eigenvalue weighted by molar-refractivity contribution is 5.77. The Balaban J connectivity index is 2.57. The van der Waals surface area contributed by atoms with E-state index in [1.54, 1.807) is 0 Å². The van der Waals surface area contributed by atoms with Crippen molar-refractivity contribution in [2.75, 3.05) is 0 Å². The first-order valence-electron chi connectivity index (χ1n) is 6.26. The zero-order valence-corrected chi connectivity index (χ0v) is 11.1. The molecule has 3 nitrogen and oxygen atoms in total. The van der Waals surface area contributed by atoms with E-state index in [0.717, 1.165) is 23.3 Å². The van der Waals surface area contributed by atoms with E-state index in [0.29, 0.717) is 5.92 Å². The summed E-state index contributed by atoms with van der Waals surface area (Å²) < 4.78 is 2.10. The van der Waals surface area contributed by atoms with E-state index in [9.17, 15) is 0 Å². The Bertz CT molecular complexity index is 525. The van der Waals surface area contributed by atoms with Gasteiger partial charge in [0.15, 0.2) is 0 Å². The van der Waals surface area contributed by atoms with E-state index in [4.69, 9.17) is 5.73 Å². The smallest absolute Gasteiger partial charge is 0.126 e. The predicted octanol–water partition coefficient (Wildman–Crippen LogP) is 3.11. The molecular weight excluding hydrogens is 210 g/mol. The van der Waals surface area contributed by atoms with Crippen LogP contribution >= 0.6 is 0 Å². The lowest BCUT2D eigenvalue weighted by atomic mass is 10.0. The zero-order chi connectivity index (χ0) is 12.6. The maximum absolute atomic E-state index is 6.07. The third-order valence-electron chi connectivity index (χ3n) is 3.38. The fourth-order valence-electron chi connectivity index (χ4n) is 2.11. The molecule has 17 heavy (non-hydrogen) atoms. The van der Waals surface area contributed by atoms with Gasteiger partial charge in [-0.15, -0.1) is 0 Å². The maximum Gasteiger partial charge on any atom is 0.126 e. The highest BCUT2D eigenvalue weighted by Gasteiger charge is 2.13. The summed E-state index contributed by atoms with van der Waals surface area (Å²) in [6.45, 7) is 6.48. The number of aromatic nitrogens is 2. The molecule has 1 unspecified atom stereocenters. The lowest BCUT2D eigenvalue weighted by molar-refractivity contribution is 0.623. The third-order valence-corrected chi connectivity index (χ3v) is 3.38. The highest BCUT2D eigenvalue weighted by Crippen LogP contribution is 2.24. The molecule has 0 spiro atoms. The minimum atomic E-state index is 0.0231. The largest absolute Gasteiger partial charge is 0.330 e. The first kappa shape index (κ1) is 12.1. The zero-order valence-electron chi connectivity index (χ0n) is 11.1.